The van der Waals surface area contributed by atoms with Gasteiger partial charge in [-0.05, 0) is 49.2 Å². The molecule has 120 valence electrons. The summed E-state index contributed by atoms with van der Waals surface area (Å²) in [7, 11) is 0. The minimum atomic E-state index is -1.27. The van der Waals surface area contributed by atoms with Crippen LogP contribution in [0, 0.1) is 13.8 Å². The van der Waals surface area contributed by atoms with Crippen molar-refractivity contribution in [3.05, 3.63) is 53.1 Å². The van der Waals surface area contributed by atoms with Crippen molar-refractivity contribution in [2.75, 3.05) is 11.9 Å². The fourth-order valence-corrected chi connectivity index (χ4v) is 2.01. The highest BCUT2D eigenvalue weighted by atomic mass is 16.5. The minimum Gasteiger partial charge on any atom is -0.507 e. The second-order valence-corrected chi connectivity index (χ2v) is 5.07. The van der Waals surface area contributed by atoms with Crippen molar-refractivity contribution in [3.8, 4) is 11.5 Å². The molecule has 6 heteroatoms. The molecule has 0 saturated carbocycles. The van der Waals surface area contributed by atoms with Gasteiger partial charge >= 0.3 is 5.97 Å². The number of benzene rings is 2. The van der Waals surface area contributed by atoms with Crippen LogP contribution >= 0.6 is 0 Å². The van der Waals surface area contributed by atoms with Gasteiger partial charge in [-0.3, -0.25) is 4.79 Å². The smallest absolute Gasteiger partial charge is 0.339 e. The summed E-state index contributed by atoms with van der Waals surface area (Å²) in [6.45, 7) is 3.65. The number of aryl methyl sites for hydroxylation is 1. The SMILES string of the molecule is Cc1cccc(OCC(=O)Nc2ccc(O)c(C(=O)O)c2)c1C. The number of carbonyl (C=O) groups is 2. The lowest BCUT2D eigenvalue weighted by molar-refractivity contribution is -0.118. The summed E-state index contributed by atoms with van der Waals surface area (Å²) in [5.74, 6) is -1.43. The molecule has 0 aliphatic rings. The highest BCUT2D eigenvalue weighted by Gasteiger charge is 2.12. The molecule has 0 atom stereocenters. The van der Waals surface area contributed by atoms with Crippen LogP contribution < -0.4 is 10.1 Å². The first-order chi connectivity index (χ1) is 10.9. The van der Waals surface area contributed by atoms with Crippen molar-refractivity contribution in [3.63, 3.8) is 0 Å². The van der Waals surface area contributed by atoms with Crippen LogP contribution in [0.5, 0.6) is 11.5 Å². The summed E-state index contributed by atoms with van der Waals surface area (Å²) in [5, 5.41) is 20.9. The maximum atomic E-state index is 11.9. The molecule has 0 saturated heterocycles. The van der Waals surface area contributed by atoms with Crippen LogP contribution in [0.2, 0.25) is 0 Å². The normalized spacial score (nSPS) is 10.2. The number of carboxylic acid groups (broad SMARTS) is 1. The molecule has 0 aliphatic heterocycles. The summed E-state index contributed by atoms with van der Waals surface area (Å²) >= 11 is 0. The van der Waals surface area contributed by atoms with E-state index >= 15 is 0 Å². The molecule has 0 bridgehead atoms. The number of nitrogens with one attached hydrogen (secondary N) is 1. The monoisotopic (exact) mass is 315 g/mol. The Hall–Kier alpha value is -3.02. The highest BCUT2D eigenvalue weighted by molar-refractivity contribution is 5.96. The number of aromatic carboxylic acids is 1. The number of rotatable bonds is 5. The Morgan fingerprint density at radius 1 is 1.17 bits per heavy atom. The molecule has 2 aromatic rings. The van der Waals surface area contributed by atoms with Crippen molar-refractivity contribution in [1.29, 1.82) is 0 Å². The largest absolute Gasteiger partial charge is 0.507 e. The molecule has 0 spiro atoms. The predicted molar refractivity (Wildman–Crippen MR) is 85.1 cm³/mol. The van der Waals surface area contributed by atoms with E-state index in [-0.39, 0.29) is 23.6 Å². The van der Waals surface area contributed by atoms with Gasteiger partial charge in [-0.15, -0.1) is 0 Å². The van der Waals surface area contributed by atoms with Crippen LogP contribution in [0.3, 0.4) is 0 Å². The number of phenols is 1. The van der Waals surface area contributed by atoms with Gasteiger partial charge in [-0.25, -0.2) is 4.79 Å². The Balaban J connectivity index is 2.01. The molecule has 0 radical (unpaired) electrons. The molecule has 3 N–H and O–H groups in total. The van der Waals surface area contributed by atoms with Gasteiger partial charge in [0.2, 0.25) is 0 Å². The zero-order valence-electron chi connectivity index (χ0n) is 12.8. The van der Waals surface area contributed by atoms with Gasteiger partial charge in [0, 0.05) is 5.69 Å². The van der Waals surface area contributed by atoms with Crippen LogP contribution in [0.15, 0.2) is 36.4 Å². The summed E-state index contributed by atoms with van der Waals surface area (Å²) in [4.78, 5) is 22.8. The first kappa shape index (κ1) is 16.4. The number of hydrogen-bond acceptors (Lipinski definition) is 4. The van der Waals surface area contributed by atoms with E-state index in [1.165, 1.54) is 18.2 Å². The van der Waals surface area contributed by atoms with Crippen LogP contribution in [-0.4, -0.2) is 28.7 Å². The Labute approximate surface area is 133 Å². The summed E-state index contributed by atoms with van der Waals surface area (Å²) in [5.41, 5.74) is 2.01. The van der Waals surface area contributed by atoms with Crippen LogP contribution in [0.1, 0.15) is 21.5 Å². The third-order valence-electron chi connectivity index (χ3n) is 3.42. The van der Waals surface area contributed by atoms with Crippen molar-refractivity contribution in [2.45, 2.75) is 13.8 Å². The van der Waals surface area contributed by atoms with Gasteiger partial charge in [0.15, 0.2) is 6.61 Å². The van der Waals surface area contributed by atoms with Gasteiger partial charge in [-0.1, -0.05) is 12.1 Å². The Bertz CT molecular complexity index is 755. The predicted octanol–water partition coefficient (Wildman–Crippen LogP) is 2.72. The van der Waals surface area contributed by atoms with E-state index in [1.54, 1.807) is 6.07 Å². The van der Waals surface area contributed by atoms with Crippen molar-refractivity contribution < 1.29 is 24.5 Å². The lowest BCUT2D eigenvalue weighted by Crippen LogP contribution is -2.20. The quantitative estimate of drug-likeness (QED) is 0.737. The maximum Gasteiger partial charge on any atom is 0.339 e. The van der Waals surface area contributed by atoms with Crippen molar-refractivity contribution >= 4 is 17.6 Å². The molecule has 0 aliphatic carbocycles. The lowest BCUT2D eigenvalue weighted by atomic mass is 10.1. The fraction of sp³-hybridized carbons (Fsp3) is 0.176. The molecular formula is C17H17NO5. The van der Waals surface area contributed by atoms with Crippen LogP contribution in [-0.2, 0) is 4.79 Å². The number of carboxylic acids is 1. The van der Waals surface area contributed by atoms with E-state index < -0.39 is 11.9 Å². The number of carbonyl (C=O) groups excluding carboxylic acids is 1. The van der Waals surface area contributed by atoms with Crippen molar-refractivity contribution in [2.24, 2.45) is 0 Å². The molecule has 0 fully saturated rings. The molecule has 0 aromatic heterocycles. The number of hydrogen-bond donors (Lipinski definition) is 3. The molecule has 2 aromatic carbocycles. The second-order valence-electron chi connectivity index (χ2n) is 5.07. The van der Waals surface area contributed by atoms with Gasteiger partial charge in [-0.2, -0.15) is 0 Å². The number of anilines is 1. The van der Waals surface area contributed by atoms with E-state index in [0.717, 1.165) is 11.1 Å². The summed E-state index contributed by atoms with van der Waals surface area (Å²) in [6, 6.07) is 9.38. The van der Waals surface area contributed by atoms with E-state index in [1.807, 2.05) is 26.0 Å². The molecule has 6 nitrogen and oxygen atoms in total. The zero-order valence-corrected chi connectivity index (χ0v) is 12.8. The molecular weight excluding hydrogens is 298 g/mol. The third-order valence-corrected chi connectivity index (χ3v) is 3.42. The minimum absolute atomic E-state index is 0.201. The lowest BCUT2D eigenvalue weighted by Gasteiger charge is -2.11. The second kappa shape index (κ2) is 6.83. The van der Waals surface area contributed by atoms with Gasteiger partial charge in [0.1, 0.15) is 17.1 Å². The van der Waals surface area contributed by atoms with E-state index in [4.69, 9.17) is 9.84 Å². The Morgan fingerprint density at radius 2 is 1.91 bits per heavy atom. The average molecular weight is 315 g/mol. The number of amides is 1. The van der Waals surface area contributed by atoms with E-state index in [2.05, 4.69) is 5.32 Å². The Morgan fingerprint density at radius 3 is 2.61 bits per heavy atom. The molecule has 23 heavy (non-hydrogen) atoms. The topological polar surface area (TPSA) is 95.9 Å². The summed E-state index contributed by atoms with van der Waals surface area (Å²) < 4.78 is 5.48. The standard InChI is InChI=1S/C17H17NO5/c1-10-4-3-5-15(11(10)2)23-9-16(20)18-12-6-7-14(19)13(8-12)17(21)22/h3-8,19H,9H2,1-2H3,(H,18,20)(H,21,22). The Kier molecular flexibility index (Phi) is 4.85. The first-order valence-corrected chi connectivity index (χ1v) is 6.93. The van der Waals surface area contributed by atoms with Gasteiger partial charge in [0.05, 0.1) is 0 Å². The third kappa shape index (κ3) is 4.00. The van der Waals surface area contributed by atoms with Gasteiger partial charge < -0.3 is 20.3 Å². The zero-order chi connectivity index (χ0) is 17.0. The van der Waals surface area contributed by atoms with Crippen LogP contribution in [0.4, 0.5) is 5.69 Å². The van der Waals surface area contributed by atoms with E-state index in [9.17, 15) is 14.7 Å². The number of ether oxygens (including phenoxy) is 1. The molecule has 1 amide bonds. The van der Waals surface area contributed by atoms with Gasteiger partial charge in [0.25, 0.3) is 5.91 Å². The maximum absolute atomic E-state index is 11.9. The van der Waals surface area contributed by atoms with Crippen LogP contribution in [0.25, 0.3) is 0 Å². The van der Waals surface area contributed by atoms with Crippen molar-refractivity contribution in [1.82, 2.24) is 0 Å². The molecule has 0 heterocycles. The summed E-state index contributed by atoms with van der Waals surface area (Å²) in [6.07, 6.45) is 0. The molecule has 0 unspecified atom stereocenters. The van der Waals surface area contributed by atoms with E-state index in [0.29, 0.717) is 5.75 Å². The average Bonchev–Trinajstić information content (AvgIpc) is 2.50. The number of aromatic hydroxyl groups is 1. The fourth-order valence-electron chi connectivity index (χ4n) is 2.01. The highest BCUT2D eigenvalue weighted by Crippen LogP contribution is 2.22. The first-order valence-electron chi connectivity index (χ1n) is 6.93. The molecule has 2 rings (SSSR count).